The third kappa shape index (κ3) is 3.44. The predicted octanol–water partition coefficient (Wildman–Crippen LogP) is 4.21. The van der Waals surface area contributed by atoms with Gasteiger partial charge in [-0.3, -0.25) is 4.79 Å². The maximum absolute atomic E-state index is 11.1. The zero-order chi connectivity index (χ0) is 13.8. The number of halogens is 1. The highest BCUT2D eigenvalue weighted by Crippen LogP contribution is 2.24. The van der Waals surface area contributed by atoms with Crippen LogP contribution in [0, 0.1) is 6.92 Å². The molecule has 0 N–H and O–H groups in total. The number of anilines is 1. The number of carbonyl (C=O) groups excluding carboxylic acids is 1. The number of benzene rings is 2. The molecule has 0 fully saturated rings. The van der Waals surface area contributed by atoms with E-state index in [1.807, 2.05) is 25.2 Å². The van der Waals surface area contributed by atoms with Gasteiger partial charge >= 0.3 is 0 Å². The maximum atomic E-state index is 11.1. The van der Waals surface area contributed by atoms with E-state index in [4.69, 9.17) is 0 Å². The standard InChI is InChI=1S/C16H16BrNO/c1-12-4-3-5-13(8-12)10-18(2)16-9-15(17)7-6-14(16)11-19/h3-9,11H,10H2,1-2H3. The van der Waals surface area contributed by atoms with Crippen molar-refractivity contribution in [3.8, 4) is 0 Å². The third-order valence-corrected chi connectivity index (χ3v) is 3.53. The van der Waals surface area contributed by atoms with Gasteiger partial charge in [0.1, 0.15) is 0 Å². The SMILES string of the molecule is Cc1cccc(CN(C)c2cc(Br)ccc2C=O)c1. The molecule has 3 heteroatoms. The summed E-state index contributed by atoms with van der Waals surface area (Å²) in [5, 5.41) is 0. The lowest BCUT2D eigenvalue weighted by Crippen LogP contribution is -2.18. The van der Waals surface area contributed by atoms with E-state index in [1.165, 1.54) is 11.1 Å². The van der Waals surface area contributed by atoms with Crippen LogP contribution in [0.4, 0.5) is 5.69 Å². The summed E-state index contributed by atoms with van der Waals surface area (Å²) in [6.45, 7) is 2.86. The molecule has 2 aromatic carbocycles. The van der Waals surface area contributed by atoms with E-state index in [2.05, 4.69) is 52.0 Å². The van der Waals surface area contributed by atoms with Crippen molar-refractivity contribution in [1.82, 2.24) is 0 Å². The maximum Gasteiger partial charge on any atom is 0.152 e. The Balaban J connectivity index is 2.26. The van der Waals surface area contributed by atoms with Crippen LogP contribution < -0.4 is 4.90 Å². The summed E-state index contributed by atoms with van der Waals surface area (Å²) in [6.07, 6.45) is 0.897. The van der Waals surface area contributed by atoms with Gasteiger partial charge in [-0.25, -0.2) is 0 Å². The summed E-state index contributed by atoms with van der Waals surface area (Å²) < 4.78 is 0.976. The zero-order valence-corrected chi connectivity index (χ0v) is 12.6. The second kappa shape index (κ2) is 6.02. The number of hydrogen-bond acceptors (Lipinski definition) is 2. The number of rotatable bonds is 4. The normalized spacial score (nSPS) is 10.3. The molecule has 2 rings (SSSR count). The minimum absolute atomic E-state index is 0.707. The van der Waals surface area contributed by atoms with Gasteiger partial charge < -0.3 is 4.90 Å². The molecular formula is C16H16BrNO. The molecule has 19 heavy (non-hydrogen) atoms. The molecule has 0 saturated heterocycles. The van der Waals surface area contributed by atoms with Gasteiger partial charge in [0.2, 0.25) is 0 Å². The van der Waals surface area contributed by atoms with Gasteiger partial charge in [0.25, 0.3) is 0 Å². The molecule has 0 atom stereocenters. The van der Waals surface area contributed by atoms with Crippen LogP contribution in [0.2, 0.25) is 0 Å². The summed E-state index contributed by atoms with van der Waals surface area (Å²) in [6, 6.07) is 14.1. The van der Waals surface area contributed by atoms with E-state index < -0.39 is 0 Å². The number of hydrogen-bond donors (Lipinski definition) is 0. The fraction of sp³-hybridized carbons (Fsp3) is 0.188. The Kier molecular flexibility index (Phi) is 4.38. The number of aryl methyl sites for hydroxylation is 1. The monoisotopic (exact) mass is 317 g/mol. The summed E-state index contributed by atoms with van der Waals surface area (Å²) in [5.41, 5.74) is 4.12. The molecule has 98 valence electrons. The van der Waals surface area contributed by atoms with Crippen molar-refractivity contribution in [3.05, 3.63) is 63.6 Å². The van der Waals surface area contributed by atoms with Crippen LogP contribution in [-0.4, -0.2) is 13.3 Å². The molecule has 0 bridgehead atoms. The van der Waals surface area contributed by atoms with Crippen LogP contribution in [0.1, 0.15) is 21.5 Å². The molecule has 0 saturated carbocycles. The predicted molar refractivity (Wildman–Crippen MR) is 82.8 cm³/mol. The topological polar surface area (TPSA) is 20.3 Å². The Morgan fingerprint density at radius 2 is 2.00 bits per heavy atom. The Labute approximate surface area is 122 Å². The van der Waals surface area contributed by atoms with Gasteiger partial charge in [0.05, 0.1) is 0 Å². The molecule has 0 aromatic heterocycles. The van der Waals surface area contributed by atoms with Crippen LogP contribution in [0.5, 0.6) is 0 Å². The molecule has 2 aromatic rings. The van der Waals surface area contributed by atoms with E-state index in [-0.39, 0.29) is 0 Å². The lowest BCUT2D eigenvalue weighted by Gasteiger charge is -2.21. The number of nitrogens with zero attached hydrogens (tertiary/aromatic N) is 1. The molecule has 0 aliphatic rings. The van der Waals surface area contributed by atoms with Gasteiger partial charge in [-0.2, -0.15) is 0 Å². The van der Waals surface area contributed by atoms with Crippen LogP contribution in [-0.2, 0) is 6.54 Å². The first kappa shape index (κ1) is 13.8. The molecule has 0 aliphatic heterocycles. The summed E-state index contributed by atoms with van der Waals surface area (Å²) >= 11 is 3.45. The van der Waals surface area contributed by atoms with E-state index in [0.717, 1.165) is 23.0 Å². The van der Waals surface area contributed by atoms with Crippen molar-refractivity contribution >= 4 is 27.9 Å². The highest BCUT2D eigenvalue weighted by molar-refractivity contribution is 9.10. The van der Waals surface area contributed by atoms with Gasteiger partial charge in [0, 0.05) is 29.3 Å². The zero-order valence-electron chi connectivity index (χ0n) is 11.1. The Morgan fingerprint density at radius 1 is 1.21 bits per heavy atom. The lowest BCUT2D eigenvalue weighted by molar-refractivity contribution is 0.112. The van der Waals surface area contributed by atoms with Gasteiger partial charge in [-0.1, -0.05) is 45.8 Å². The van der Waals surface area contributed by atoms with Gasteiger partial charge in [-0.15, -0.1) is 0 Å². The van der Waals surface area contributed by atoms with Crippen LogP contribution >= 0.6 is 15.9 Å². The molecule has 0 unspecified atom stereocenters. The number of carbonyl (C=O) groups is 1. The first-order valence-electron chi connectivity index (χ1n) is 6.11. The van der Waals surface area contributed by atoms with Crippen molar-refractivity contribution in [2.24, 2.45) is 0 Å². The molecule has 0 radical (unpaired) electrons. The summed E-state index contributed by atoms with van der Waals surface area (Å²) in [7, 11) is 2.00. The van der Waals surface area contributed by atoms with Crippen molar-refractivity contribution < 1.29 is 4.79 Å². The summed E-state index contributed by atoms with van der Waals surface area (Å²) in [4.78, 5) is 13.2. The Morgan fingerprint density at radius 3 is 2.68 bits per heavy atom. The van der Waals surface area contributed by atoms with Crippen LogP contribution in [0.15, 0.2) is 46.9 Å². The number of aldehydes is 1. The average molecular weight is 318 g/mol. The van der Waals surface area contributed by atoms with Crippen molar-refractivity contribution in [3.63, 3.8) is 0 Å². The smallest absolute Gasteiger partial charge is 0.152 e. The minimum atomic E-state index is 0.707. The first-order valence-corrected chi connectivity index (χ1v) is 6.91. The summed E-state index contributed by atoms with van der Waals surface area (Å²) in [5.74, 6) is 0. The molecule has 0 heterocycles. The molecule has 2 nitrogen and oxygen atoms in total. The second-order valence-corrected chi connectivity index (χ2v) is 5.58. The molecule has 0 amide bonds. The molecule has 0 spiro atoms. The fourth-order valence-electron chi connectivity index (χ4n) is 2.12. The Bertz CT molecular complexity index is 595. The van der Waals surface area contributed by atoms with Crippen molar-refractivity contribution in [2.75, 3.05) is 11.9 Å². The highest BCUT2D eigenvalue weighted by atomic mass is 79.9. The van der Waals surface area contributed by atoms with E-state index in [9.17, 15) is 4.79 Å². The van der Waals surface area contributed by atoms with Crippen molar-refractivity contribution in [1.29, 1.82) is 0 Å². The van der Waals surface area contributed by atoms with E-state index in [1.54, 1.807) is 0 Å². The van der Waals surface area contributed by atoms with E-state index in [0.29, 0.717) is 5.56 Å². The molecular weight excluding hydrogens is 302 g/mol. The molecule has 0 aliphatic carbocycles. The average Bonchev–Trinajstić information content (AvgIpc) is 2.38. The quantitative estimate of drug-likeness (QED) is 0.787. The Hall–Kier alpha value is -1.61. The third-order valence-electron chi connectivity index (χ3n) is 3.03. The lowest BCUT2D eigenvalue weighted by atomic mass is 10.1. The largest absolute Gasteiger partial charge is 0.370 e. The first-order chi connectivity index (χ1) is 9.10. The van der Waals surface area contributed by atoms with Crippen LogP contribution in [0.25, 0.3) is 0 Å². The second-order valence-electron chi connectivity index (χ2n) is 4.67. The van der Waals surface area contributed by atoms with Crippen molar-refractivity contribution in [2.45, 2.75) is 13.5 Å². The van der Waals surface area contributed by atoms with Gasteiger partial charge in [-0.05, 0) is 30.7 Å². The highest BCUT2D eigenvalue weighted by Gasteiger charge is 2.08. The van der Waals surface area contributed by atoms with Crippen LogP contribution in [0.3, 0.4) is 0 Å². The van der Waals surface area contributed by atoms with E-state index >= 15 is 0 Å². The fourth-order valence-corrected chi connectivity index (χ4v) is 2.47. The van der Waals surface area contributed by atoms with Gasteiger partial charge in [0.15, 0.2) is 6.29 Å². The minimum Gasteiger partial charge on any atom is -0.370 e.